The monoisotopic (exact) mass is 526 g/mol. The van der Waals surface area contributed by atoms with Gasteiger partial charge >= 0.3 is 6.01 Å². The van der Waals surface area contributed by atoms with E-state index in [1.807, 2.05) is 68.4 Å². The van der Waals surface area contributed by atoms with E-state index in [1.165, 1.54) is 12.1 Å². The number of aliphatic imine (C=N–C) groups is 1. The SMILES string of the molecule is CC1CN(c2cc(F)ccc2-c2nnc(NC3N=C(c4ccccc4)c4ccccc4NC3=O)o2)CC(C)O1. The lowest BCUT2D eigenvalue weighted by atomic mass is 10.0. The maximum atomic E-state index is 14.3. The molecule has 0 aliphatic carbocycles. The number of benzodiazepines with no additional fused rings is 1. The molecule has 0 radical (unpaired) electrons. The summed E-state index contributed by atoms with van der Waals surface area (Å²) in [5.74, 6) is -0.536. The zero-order valence-electron chi connectivity index (χ0n) is 21.5. The van der Waals surface area contributed by atoms with Crippen molar-refractivity contribution in [3.8, 4) is 11.5 Å². The van der Waals surface area contributed by atoms with Gasteiger partial charge in [0, 0.05) is 24.2 Å². The van der Waals surface area contributed by atoms with Gasteiger partial charge in [-0.25, -0.2) is 9.38 Å². The Balaban J connectivity index is 1.32. The van der Waals surface area contributed by atoms with Crippen molar-refractivity contribution in [2.24, 2.45) is 4.99 Å². The van der Waals surface area contributed by atoms with Crippen molar-refractivity contribution in [3.63, 3.8) is 0 Å². The predicted molar refractivity (Wildman–Crippen MR) is 146 cm³/mol. The first-order valence-electron chi connectivity index (χ1n) is 12.8. The van der Waals surface area contributed by atoms with Crippen molar-refractivity contribution >= 4 is 29.0 Å². The summed E-state index contributed by atoms with van der Waals surface area (Å²) in [5, 5.41) is 14.2. The molecule has 1 amide bonds. The number of benzene rings is 3. The fraction of sp³-hybridized carbons (Fsp3) is 0.241. The second-order valence-electron chi connectivity index (χ2n) is 9.66. The van der Waals surface area contributed by atoms with Gasteiger partial charge in [-0.2, -0.15) is 0 Å². The molecule has 3 atom stereocenters. The topological polar surface area (TPSA) is 105 Å². The third-order valence-electron chi connectivity index (χ3n) is 6.63. The van der Waals surface area contributed by atoms with Gasteiger partial charge in [0.2, 0.25) is 6.17 Å². The second-order valence-corrected chi connectivity index (χ2v) is 9.66. The number of amides is 1. The summed E-state index contributed by atoms with van der Waals surface area (Å²) in [5.41, 5.74) is 4.20. The molecule has 1 aromatic heterocycles. The van der Waals surface area contributed by atoms with E-state index in [0.717, 1.165) is 11.1 Å². The molecule has 0 spiro atoms. The highest BCUT2D eigenvalue weighted by Gasteiger charge is 2.29. The minimum atomic E-state index is -1.03. The van der Waals surface area contributed by atoms with E-state index < -0.39 is 6.17 Å². The molecule has 0 bridgehead atoms. The summed E-state index contributed by atoms with van der Waals surface area (Å²) in [4.78, 5) is 20.0. The average Bonchev–Trinajstić information content (AvgIpc) is 3.34. The summed E-state index contributed by atoms with van der Waals surface area (Å²) in [6, 6.07) is 21.6. The van der Waals surface area contributed by atoms with Gasteiger partial charge in [-0.1, -0.05) is 53.6 Å². The number of nitrogens with zero attached hydrogens (tertiary/aromatic N) is 4. The van der Waals surface area contributed by atoms with E-state index in [2.05, 4.69) is 25.7 Å². The summed E-state index contributed by atoms with van der Waals surface area (Å²) in [6.45, 7) is 5.16. The van der Waals surface area contributed by atoms with Crippen LogP contribution in [0.2, 0.25) is 0 Å². The van der Waals surface area contributed by atoms with Crippen LogP contribution in [-0.4, -0.2) is 53.3 Å². The van der Waals surface area contributed by atoms with Gasteiger partial charge in [-0.05, 0) is 38.1 Å². The Bertz CT molecular complexity index is 1530. The molecule has 2 aliphatic rings. The van der Waals surface area contributed by atoms with E-state index in [4.69, 9.17) is 14.1 Å². The molecule has 3 heterocycles. The summed E-state index contributed by atoms with van der Waals surface area (Å²) < 4.78 is 26.1. The highest BCUT2D eigenvalue weighted by molar-refractivity contribution is 6.19. The molecule has 1 saturated heterocycles. The van der Waals surface area contributed by atoms with E-state index in [1.54, 1.807) is 6.07 Å². The minimum absolute atomic E-state index is 0.0145. The average molecular weight is 527 g/mol. The van der Waals surface area contributed by atoms with Gasteiger partial charge in [0.05, 0.1) is 34.9 Å². The molecule has 198 valence electrons. The Kier molecular flexibility index (Phi) is 6.54. The first kappa shape index (κ1) is 24.7. The van der Waals surface area contributed by atoms with Crippen molar-refractivity contribution in [2.45, 2.75) is 32.2 Å². The third-order valence-corrected chi connectivity index (χ3v) is 6.63. The number of ether oxygens (including phenoxy) is 1. The number of para-hydroxylation sites is 1. The summed E-state index contributed by atoms with van der Waals surface area (Å²) in [6.07, 6.45) is -1.06. The van der Waals surface area contributed by atoms with Crippen LogP contribution in [0.5, 0.6) is 0 Å². The van der Waals surface area contributed by atoms with Crippen LogP contribution in [0.3, 0.4) is 0 Å². The van der Waals surface area contributed by atoms with Crippen LogP contribution in [0, 0.1) is 5.82 Å². The van der Waals surface area contributed by atoms with E-state index in [9.17, 15) is 9.18 Å². The van der Waals surface area contributed by atoms with Crippen LogP contribution in [-0.2, 0) is 9.53 Å². The van der Waals surface area contributed by atoms with Crippen molar-refractivity contribution in [2.75, 3.05) is 28.6 Å². The molecule has 6 rings (SSSR count). The van der Waals surface area contributed by atoms with Gasteiger partial charge in [0.1, 0.15) is 5.82 Å². The fourth-order valence-electron chi connectivity index (χ4n) is 5.01. The first-order chi connectivity index (χ1) is 18.9. The van der Waals surface area contributed by atoms with E-state index in [-0.39, 0.29) is 35.8 Å². The lowest BCUT2D eigenvalue weighted by molar-refractivity contribution is -0.116. The number of hydrogen-bond donors (Lipinski definition) is 2. The Hall–Kier alpha value is -4.57. The van der Waals surface area contributed by atoms with Crippen LogP contribution >= 0.6 is 0 Å². The van der Waals surface area contributed by atoms with Crippen LogP contribution in [0.25, 0.3) is 11.5 Å². The lowest BCUT2D eigenvalue weighted by Gasteiger charge is -2.37. The molecular weight excluding hydrogens is 499 g/mol. The zero-order valence-corrected chi connectivity index (χ0v) is 21.5. The lowest BCUT2D eigenvalue weighted by Crippen LogP contribution is -2.45. The van der Waals surface area contributed by atoms with Gasteiger partial charge in [-0.3, -0.25) is 4.79 Å². The zero-order chi connectivity index (χ0) is 26.9. The number of anilines is 3. The summed E-state index contributed by atoms with van der Waals surface area (Å²) >= 11 is 0. The van der Waals surface area contributed by atoms with E-state index >= 15 is 0 Å². The Morgan fingerprint density at radius 3 is 2.49 bits per heavy atom. The number of carbonyl (C=O) groups is 1. The highest BCUT2D eigenvalue weighted by Crippen LogP contribution is 2.34. The molecule has 2 N–H and O–H groups in total. The van der Waals surface area contributed by atoms with Crippen molar-refractivity contribution in [1.82, 2.24) is 10.2 Å². The number of aromatic nitrogens is 2. The Labute approximate surface area is 224 Å². The quantitative estimate of drug-likeness (QED) is 0.388. The molecule has 3 aromatic carbocycles. The summed E-state index contributed by atoms with van der Waals surface area (Å²) in [7, 11) is 0. The molecule has 4 aromatic rings. The largest absolute Gasteiger partial charge is 0.403 e. The Morgan fingerprint density at radius 1 is 0.949 bits per heavy atom. The fourth-order valence-corrected chi connectivity index (χ4v) is 5.01. The van der Waals surface area contributed by atoms with Crippen molar-refractivity contribution in [3.05, 3.63) is 89.7 Å². The molecular formula is C29H27FN6O3. The van der Waals surface area contributed by atoms with Crippen molar-refractivity contribution in [1.29, 1.82) is 0 Å². The van der Waals surface area contributed by atoms with Crippen LogP contribution in [0.4, 0.5) is 21.8 Å². The highest BCUT2D eigenvalue weighted by atomic mass is 19.1. The van der Waals surface area contributed by atoms with E-state index in [0.29, 0.717) is 35.7 Å². The number of halogens is 1. The third kappa shape index (κ3) is 5.10. The standard InChI is InChI=1S/C29H27FN6O3/c1-17-15-36(16-18(2)38-17)24-14-20(30)12-13-22(24)28-34-35-29(39-28)33-26-27(37)31-23-11-7-6-10-21(23)25(32-26)19-8-4-3-5-9-19/h3-14,17-18,26H,15-16H2,1-2H3,(H,31,37)(H,33,35). The molecule has 9 nitrogen and oxygen atoms in total. The number of nitrogens with one attached hydrogen (secondary N) is 2. The molecule has 39 heavy (non-hydrogen) atoms. The van der Waals surface area contributed by atoms with Gasteiger partial charge in [0.25, 0.3) is 11.8 Å². The van der Waals surface area contributed by atoms with Gasteiger partial charge in [0.15, 0.2) is 0 Å². The number of carbonyl (C=O) groups excluding carboxylic acids is 1. The maximum absolute atomic E-state index is 14.3. The van der Waals surface area contributed by atoms with Crippen LogP contribution < -0.4 is 15.5 Å². The normalized spacial score (nSPS) is 21.0. The van der Waals surface area contributed by atoms with Crippen LogP contribution in [0.15, 0.2) is 82.2 Å². The number of morpholine rings is 1. The second kappa shape index (κ2) is 10.3. The number of rotatable bonds is 5. The number of fused-ring (bicyclic) bond motifs is 1. The molecule has 0 saturated carbocycles. The molecule has 3 unspecified atom stereocenters. The molecule has 10 heteroatoms. The number of hydrogen-bond acceptors (Lipinski definition) is 8. The first-order valence-corrected chi connectivity index (χ1v) is 12.8. The molecule has 1 fully saturated rings. The predicted octanol–water partition coefficient (Wildman–Crippen LogP) is 4.72. The smallest absolute Gasteiger partial charge is 0.317 e. The Morgan fingerprint density at radius 2 is 1.69 bits per heavy atom. The van der Waals surface area contributed by atoms with Gasteiger partial charge in [-0.15, -0.1) is 5.10 Å². The van der Waals surface area contributed by atoms with Crippen molar-refractivity contribution < 1.29 is 18.3 Å². The molecule has 2 aliphatic heterocycles. The maximum Gasteiger partial charge on any atom is 0.317 e. The van der Waals surface area contributed by atoms with Crippen LogP contribution in [0.1, 0.15) is 25.0 Å². The van der Waals surface area contributed by atoms with Gasteiger partial charge < -0.3 is 24.7 Å². The minimum Gasteiger partial charge on any atom is -0.403 e.